The molecular weight excluding hydrogens is 456 g/mol. The summed E-state index contributed by atoms with van der Waals surface area (Å²) in [5.41, 5.74) is 1.12. The number of hydrogen-bond donors (Lipinski definition) is 6. The smallest absolute Gasteiger partial charge is 1.00 e. The number of halogens is 1. The normalized spacial score (nSPS) is 32.8. The number of nitrogens with zero attached hydrogens (tertiary/aromatic N) is 1. The number of aromatic hydroxyl groups is 1. The van der Waals surface area contributed by atoms with Crippen LogP contribution in [0.5, 0.6) is 5.75 Å². The van der Waals surface area contributed by atoms with Crippen LogP contribution in [0.2, 0.25) is 0 Å². The Labute approximate surface area is 195 Å². The Morgan fingerprint density at radius 1 is 1.18 bits per heavy atom. The van der Waals surface area contributed by atoms with Crippen LogP contribution in [0.4, 0.5) is 0 Å². The fourth-order valence-corrected chi connectivity index (χ4v) is 5.20. The number of nitrogens with two attached hydrogens (primary N) is 1. The molecule has 0 bridgehead atoms. The molecule has 176 valence electrons. The highest BCUT2D eigenvalue weighted by Gasteiger charge is 2.69. The molecule has 7 N–H and O–H groups in total. The summed E-state index contributed by atoms with van der Waals surface area (Å²) in [6, 6.07) is 2.88. The molecule has 0 aliphatic heterocycles. The number of likely N-dealkylation sites (N-methyl/N-ethyl adjacent to an activating group) is 1. The largest absolute Gasteiger partial charge is 1.00 e. The van der Waals surface area contributed by atoms with Crippen LogP contribution in [-0.2, 0) is 14.4 Å². The van der Waals surface area contributed by atoms with Gasteiger partial charge in [-0.15, -0.1) is 0 Å². The van der Waals surface area contributed by atoms with E-state index in [2.05, 4.69) is 6.58 Å². The number of ketones is 3. The number of phenols is 1. The van der Waals surface area contributed by atoms with Crippen LogP contribution in [-0.4, -0.2) is 79.6 Å². The number of fused-ring (bicyclic) bond motifs is 3. The van der Waals surface area contributed by atoms with E-state index in [4.69, 9.17) is 5.73 Å². The summed E-state index contributed by atoms with van der Waals surface area (Å²) in [4.78, 5) is 41.0. The number of rotatable bonds is 1. The summed E-state index contributed by atoms with van der Waals surface area (Å²) in [6.45, 7) is 3.91. The number of phenolic OH excluding ortho intramolecular Hbond substituents is 1. The van der Waals surface area contributed by atoms with Crippen molar-refractivity contribution in [2.75, 3.05) is 14.1 Å². The predicted octanol–water partition coefficient (Wildman–Crippen LogP) is -3.48. The highest BCUT2D eigenvalue weighted by molar-refractivity contribution is 6.36. The van der Waals surface area contributed by atoms with Crippen molar-refractivity contribution in [3.63, 3.8) is 0 Å². The van der Waals surface area contributed by atoms with Gasteiger partial charge in [-0.1, -0.05) is 18.7 Å². The van der Waals surface area contributed by atoms with Gasteiger partial charge in [0.15, 0.2) is 17.3 Å². The number of Topliss-reactive ketones (excluding diaryl/α,β-unsaturated/α-hetero) is 3. The number of carbonyl (C=O) groups excluding carboxylic acids is 3. The van der Waals surface area contributed by atoms with E-state index in [1.54, 1.807) is 0 Å². The van der Waals surface area contributed by atoms with Gasteiger partial charge in [-0.05, 0) is 31.3 Å². The first-order valence-corrected chi connectivity index (χ1v) is 9.71. The predicted molar refractivity (Wildman–Crippen MR) is 112 cm³/mol. The monoisotopic (exact) mass is 478 g/mol. The molecule has 0 radical (unpaired) electrons. The van der Waals surface area contributed by atoms with Crippen molar-refractivity contribution in [1.82, 2.24) is 4.90 Å². The zero-order valence-corrected chi connectivity index (χ0v) is 18.4. The highest BCUT2D eigenvalue weighted by atomic mass is 35.5. The number of aliphatic hydroxyl groups excluding tert-OH is 3. The van der Waals surface area contributed by atoms with E-state index in [9.17, 15) is 39.9 Å². The van der Waals surface area contributed by atoms with Crippen molar-refractivity contribution in [1.29, 1.82) is 0 Å². The molecule has 1 aromatic rings. The van der Waals surface area contributed by atoms with Crippen molar-refractivity contribution >= 4 is 28.7 Å². The van der Waals surface area contributed by atoms with Crippen LogP contribution < -0.4 is 18.1 Å². The number of carbonyl (C=O) groups is 3. The summed E-state index contributed by atoms with van der Waals surface area (Å²) in [5, 5.41) is 53.7. The molecule has 2 saturated carbocycles. The molecule has 0 spiro atoms. The fraction of sp³-hybridized carbons (Fsp3) is 0.318. The Hall–Kier alpha value is -3.18. The second-order valence-corrected chi connectivity index (χ2v) is 8.44. The third-order valence-electron chi connectivity index (χ3n) is 6.59. The van der Waals surface area contributed by atoms with Gasteiger partial charge in [0.05, 0.1) is 29.2 Å². The van der Waals surface area contributed by atoms with Gasteiger partial charge in [0, 0.05) is 5.92 Å². The molecule has 0 unspecified atom stereocenters. The minimum absolute atomic E-state index is 0. The molecule has 11 heteroatoms. The van der Waals surface area contributed by atoms with E-state index in [0.717, 1.165) is 0 Å². The molecule has 0 amide bonds. The Balaban J connectivity index is 0.00000204. The molecule has 2 fully saturated rings. The molecule has 0 saturated heterocycles. The van der Waals surface area contributed by atoms with Gasteiger partial charge in [-0.25, -0.2) is 0 Å². The zero-order valence-electron chi connectivity index (χ0n) is 18.6. The molecule has 10 nitrogen and oxygen atoms in total. The molecule has 0 aromatic heterocycles. The maximum Gasteiger partial charge on any atom is 1.00 e. The Bertz CT molecular complexity index is 1190. The van der Waals surface area contributed by atoms with Gasteiger partial charge in [-0.2, -0.15) is 0 Å². The van der Waals surface area contributed by atoms with E-state index in [1.807, 2.05) is 0 Å². The summed E-state index contributed by atoms with van der Waals surface area (Å²) >= 11 is 0. The maximum absolute atomic E-state index is 13.6. The van der Waals surface area contributed by atoms with Gasteiger partial charge in [0.1, 0.15) is 17.1 Å². The summed E-state index contributed by atoms with van der Waals surface area (Å²) < 4.78 is 0. The fourth-order valence-electron chi connectivity index (χ4n) is 5.20. The van der Waals surface area contributed by atoms with E-state index in [0.29, 0.717) is 0 Å². The average molecular weight is 479 g/mol. The summed E-state index contributed by atoms with van der Waals surface area (Å²) in [5.74, 6) is -8.88. The molecule has 5 atom stereocenters. The zero-order chi connectivity index (χ0) is 23.9. The van der Waals surface area contributed by atoms with Crippen LogP contribution in [0.1, 0.15) is 12.6 Å². The number of aliphatic hydroxyl groups is 4. The van der Waals surface area contributed by atoms with E-state index in [1.165, 1.54) is 37.2 Å². The maximum atomic E-state index is 13.6. The third kappa shape index (κ3) is 2.88. The standard InChI is InChI=1S/C22H22N2O8.ClH/c1-7-8-5-4-6-9(25)11(8)16(26)12-10(7)17(27)14-15(24(2)3)18(28)13(21(23)31)20(30)22(14,32)19(12)29;/h4-6,10,14-15,17,25-27,31-32H,1,23H2,2-3H3;1H/b21-13-;/t10-,14-,15+,17+,22+;/m1./s1. The molecule has 0 heterocycles. The Morgan fingerprint density at radius 3 is 2.33 bits per heavy atom. The SMILES string of the molecule is C=C1c2cccc(O)c2C(O)=C2C(=O)[C@]3(O)C(=O)/C(=C(/N)O)C(=O)[C@@H](N(C)C)[C@@H]3[C@@H](O)[C@H]12.[Cl-].[H+]. The van der Waals surface area contributed by atoms with E-state index in [-0.39, 0.29) is 36.3 Å². The van der Waals surface area contributed by atoms with Crippen LogP contribution in [0.25, 0.3) is 11.3 Å². The van der Waals surface area contributed by atoms with Gasteiger partial charge < -0.3 is 43.7 Å². The minimum Gasteiger partial charge on any atom is -1.00 e. The lowest BCUT2D eigenvalue weighted by molar-refractivity contribution is -0.175. The molecule has 3 aliphatic rings. The first-order valence-electron chi connectivity index (χ1n) is 9.71. The number of benzene rings is 1. The van der Waals surface area contributed by atoms with Crippen LogP contribution >= 0.6 is 0 Å². The Kier molecular flexibility index (Phi) is 5.71. The minimum atomic E-state index is -3.01. The second kappa shape index (κ2) is 7.70. The molecule has 1 aromatic carbocycles. The molecule has 3 aliphatic carbocycles. The summed E-state index contributed by atoms with van der Waals surface area (Å²) in [7, 11) is 2.88. The first-order chi connectivity index (χ1) is 14.9. The Morgan fingerprint density at radius 2 is 1.79 bits per heavy atom. The van der Waals surface area contributed by atoms with Crippen LogP contribution in [0, 0.1) is 11.8 Å². The topological polar surface area (TPSA) is 182 Å². The highest BCUT2D eigenvalue weighted by Crippen LogP contribution is 2.54. The first kappa shape index (κ1) is 24.5. The van der Waals surface area contributed by atoms with Gasteiger partial charge >= 0.3 is 1.43 Å². The van der Waals surface area contributed by atoms with Crippen molar-refractivity contribution < 1.29 is 53.7 Å². The summed E-state index contributed by atoms with van der Waals surface area (Å²) in [6.07, 6.45) is -1.71. The second-order valence-electron chi connectivity index (χ2n) is 8.44. The van der Waals surface area contributed by atoms with Crippen LogP contribution in [0.15, 0.2) is 41.8 Å². The van der Waals surface area contributed by atoms with Crippen molar-refractivity contribution in [3.05, 3.63) is 52.9 Å². The molecular formula is C22H23ClN2O8. The lowest BCUT2D eigenvalue weighted by atomic mass is 9.54. The van der Waals surface area contributed by atoms with Gasteiger partial charge in [0.2, 0.25) is 11.6 Å². The lowest BCUT2D eigenvalue weighted by Crippen LogP contribution is -3.00. The molecule has 33 heavy (non-hydrogen) atoms. The van der Waals surface area contributed by atoms with Gasteiger partial charge in [-0.3, -0.25) is 19.3 Å². The third-order valence-corrected chi connectivity index (χ3v) is 6.59. The van der Waals surface area contributed by atoms with E-state index >= 15 is 0 Å². The lowest BCUT2D eigenvalue weighted by Gasteiger charge is -2.52. The van der Waals surface area contributed by atoms with Crippen molar-refractivity contribution in [2.24, 2.45) is 17.6 Å². The van der Waals surface area contributed by atoms with Crippen molar-refractivity contribution in [2.45, 2.75) is 17.7 Å². The average Bonchev–Trinajstić information content (AvgIpc) is 2.70. The van der Waals surface area contributed by atoms with E-state index < -0.39 is 69.7 Å². The molecule has 4 rings (SSSR count). The van der Waals surface area contributed by atoms with Crippen molar-refractivity contribution in [3.8, 4) is 5.75 Å². The quantitative estimate of drug-likeness (QED) is 0.103. The number of hydrogen-bond acceptors (Lipinski definition) is 10. The van der Waals surface area contributed by atoms with Gasteiger partial charge in [0.25, 0.3) is 0 Å². The van der Waals surface area contributed by atoms with Crippen LogP contribution in [0.3, 0.4) is 0 Å².